The Balaban J connectivity index is 2.57. The summed E-state index contributed by atoms with van der Waals surface area (Å²) in [6.07, 6.45) is 4.62. The summed E-state index contributed by atoms with van der Waals surface area (Å²) in [5.41, 5.74) is 0.624. The fraction of sp³-hybridized carbons (Fsp3) is 0. The van der Waals surface area contributed by atoms with Crippen LogP contribution >= 0.6 is 0 Å². The molecule has 6 heteroatoms. The van der Waals surface area contributed by atoms with Crippen LogP contribution in [0.15, 0.2) is 41.7 Å². The van der Waals surface area contributed by atoms with Crippen molar-refractivity contribution in [3.05, 3.63) is 42.2 Å². The Morgan fingerprint density at radius 1 is 1.47 bits per heavy atom. The Morgan fingerprint density at radius 3 is 2.88 bits per heavy atom. The standard InChI is InChI=1S/C11H7N3O3/c15-7-12-10-6-8(14-5-1-4-13-14)2-3-9(10)11(16)17/h1-6H,(H,16,17). The largest absolute Gasteiger partial charge is 0.478 e. The Kier molecular flexibility index (Phi) is 2.81. The lowest BCUT2D eigenvalue weighted by Gasteiger charge is -2.04. The van der Waals surface area contributed by atoms with Gasteiger partial charge in [-0.3, -0.25) is 0 Å². The van der Waals surface area contributed by atoms with Crippen molar-refractivity contribution >= 4 is 17.7 Å². The molecule has 1 N–H and O–H groups in total. The van der Waals surface area contributed by atoms with E-state index < -0.39 is 5.97 Å². The van der Waals surface area contributed by atoms with Crippen molar-refractivity contribution in [2.24, 2.45) is 4.99 Å². The summed E-state index contributed by atoms with van der Waals surface area (Å²) in [5.74, 6) is -1.15. The Morgan fingerprint density at radius 2 is 2.29 bits per heavy atom. The summed E-state index contributed by atoms with van der Waals surface area (Å²) in [4.78, 5) is 24.5. The number of aromatic nitrogens is 2. The molecule has 84 valence electrons. The van der Waals surface area contributed by atoms with E-state index in [0.29, 0.717) is 5.69 Å². The molecule has 1 heterocycles. The summed E-state index contributed by atoms with van der Waals surface area (Å²) < 4.78 is 1.54. The van der Waals surface area contributed by atoms with Gasteiger partial charge in [-0.25, -0.2) is 14.3 Å². The summed E-state index contributed by atoms with van der Waals surface area (Å²) in [6.45, 7) is 0. The number of carboxylic acids is 1. The molecule has 0 fully saturated rings. The van der Waals surface area contributed by atoms with Crippen LogP contribution in [0.3, 0.4) is 0 Å². The summed E-state index contributed by atoms with van der Waals surface area (Å²) in [7, 11) is 0. The molecule has 2 rings (SSSR count). The maximum atomic E-state index is 10.9. The SMILES string of the molecule is O=C=Nc1cc(-n2cccn2)ccc1C(=O)O. The highest BCUT2D eigenvalue weighted by atomic mass is 16.4. The third-order valence-corrected chi connectivity index (χ3v) is 2.15. The fourth-order valence-electron chi connectivity index (χ4n) is 1.41. The minimum absolute atomic E-state index is 0.0516. The van der Waals surface area contributed by atoms with E-state index in [1.54, 1.807) is 24.5 Å². The first-order valence-corrected chi connectivity index (χ1v) is 4.67. The lowest BCUT2D eigenvalue weighted by atomic mass is 10.1. The first-order valence-electron chi connectivity index (χ1n) is 4.67. The van der Waals surface area contributed by atoms with E-state index in [4.69, 9.17) is 5.11 Å². The number of nitrogens with zero attached hydrogens (tertiary/aromatic N) is 3. The minimum Gasteiger partial charge on any atom is -0.478 e. The van der Waals surface area contributed by atoms with Gasteiger partial charge in [0.15, 0.2) is 0 Å². The molecule has 0 atom stereocenters. The van der Waals surface area contributed by atoms with Gasteiger partial charge in [-0.15, -0.1) is 0 Å². The Bertz CT molecular complexity index is 598. The molecule has 1 aromatic carbocycles. The number of rotatable bonds is 3. The number of aromatic carboxylic acids is 1. The number of hydrogen-bond donors (Lipinski definition) is 1. The topological polar surface area (TPSA) is 84.5 Å². The van der Waals surface area contributed by atoms with Crippen LogP contribution in [-0.2, 0) is 4.79 Å². The molecular weight excluding hydrogens is 222 g/mol. The number of carboxylic acid groups (broad SMARTS) is 1. The molecule has 0 saturated carbocycles. The predicted molar refractivity (Wildman–Crippen MR) is 58.3 cm³/mol. The van der Waals surface area contributed by atoms with E-state index in [-0.39, 0.29) is 11.3 Å². The third kappa shape index (κ3) is 2.11. The maximum Gasteiger partial charge on any atom is 0.337 e. The molecule has 0 bridgehead atoms. The second-order valence-corrected chi connectivity index (χ2v) is 3.16. The van der Waals surface area contributed by atoms with E-state index in [1.807, 2.05) is 0 Å². The molecule has 0 aliphatic heterocycles. The fourth-order valence-corrected chi connectivity index (χ4v) is 1.41. The second-order valence-electron chi connectivity index (χ2n) is 3.16. The first-order chi connectivity index (χ1) is 8.22. The summed E-state index contributed by atoms with van der Waals surface area (Å²) in [6, 6.07) is 6.14. The third-order valence-electron chi connectivity index (χ3n) is 2.15. The van der Waals surface area contributed by atoms with Gasteiger partial charge in [0.05, 0.1) is 16.9 Å². The quantitative estimate of drug-likeness (QED) is 0.639. The number of hydrogen-bond acceptors (Lipinski definition) is 4. The first kappa shape index (κ1) is 10.8. The number of benzene rings is 1. The molecule has 1 aromatic heterocycles. The van der Waals surface area contributed by atoms with Crippen LogP contribution in [0.2, 0.25) is 0 Å². The Hall–Kier alpha value is -2.72. The second kappa shape index (κ2) is 4.42. The Labute approximate surface area is 95.8 Å². The molecule has 0 unspecified atom stereocenters. The molecule has 0 spiro atoms. The van der Waals surface area contributed by atoms with E-state index in [9.17, 15) is 9.59 Å². The molecule has 0 amide bonds. The van der Waals surface area contributed by atoms with Crippen molar-refractivity contribution in [1.29, 1.82) is 0 Å². The highest BCUT2D eigenvalue weighted by molar-refractivity contribution is 5.94. The molecule has 0 aliphatic carbocycles. The molecule has 2 aromatic rings. The zero-order chi connectivity index (χ0) is 12.3. The van der Waals surface area contributed by atoms with Gasteiger partial charge in [-0.2, -0.15) is 10.1 Å². The normalized spacial score (nSPS) is 9.65. The molecule has 0 saturated heterocycles. The van der Waals surface area contributed by atoms with Crippen molar-refractivity contribution in [3.8, 4) is 5.69 Å². The van der Waals surface area contributed by atoms with Gasteiger partial charge < -0.3 is 5.11 Å². The van der Waals surface area contributed by atoms with Gasteiger partial charge in [-0.05, 0) is 24.3 Å². The molecule has 0 aliphatic rings. The minimum atomic E-state index is -1.15. The maximum absolute atomic E-state index is 10.9. The molecule has 6 nitrogen and oxygen atoms in total. The van der Waals surface area contributed by atoms with Crippen LogP contribution in [0, 0.1) is 0 Å². The van der Waals surface area contributed by atoms with E-state index >= 15 is 0 Å². The van der Waals surface area contributed by atoms with Gasteiger partial charge in [0.2, 0.25) is 6.08 Å². The van der Waals surface area contributed by atoms with Crippen molar-refractivity contribution in [3.63, 3.8) is 0 Å². The average Bonchev–Trinajstić information content (AvgIpc) is 2.82. The lowest BCUT2D eigenvalue weighted by Crippen LogP contribution is -1.99. The zero-order valence-corrected chi connectivity index (χ0v) is 8.57. The summed E-state index contributed by atoms with van der Waals surface area (Å²) >= 11 is 0. The van der Waals surface area contributed by atoms with Crippen LogP contribution in [0.25, 0.3) is 5.69 Å². The smallest absolute Gasteiger partial charge is 0.337 e. The van der Waals surface area contributed by atoms with Gasteiger partial charge in [0, 0.05) is 12.4 Å². The predicted octanol–water partition coefficient (Wildman–Crippen LogP) is 1.54. The molecule has 17 heavy (non-hydrogen) atoms. The van der Waals surface area contributed by atoms with Crippen molar-refractivity contribution in [2.45, 2.75) is 0 Å². The van der Waals surface area contributed by atoms with E-state index in [1.165, 1.54) is 22.9 Å². The highest BCUT2D eigenvalue weighted by Crippen LogP contribution is 2.22. The highest BCUT2D eigenvalue weighted by Gasteiger charge is 2.10. The monoisotopic (exact) mass is 229 g/mol. The van der Waals surface area contributed by atoms with E-state index in [0.717, 1.165) is 0 Å². The van der Waals surface area contributed by atoms with Gasteiger partial charge in [0.1, 0.15) is 0 Å². The van der Waals surface area contributed by atoms with Crippen LogP contribution < -0.4 is 0 Å². The molecule has 0 radical (unpaired) electrons. The van der Waals surface area contributed by atoms with Gasteiger partial charge >= 0.3 is 5.97 Å². The van der Waals surface area contributed by atoms with Crippen molar-refractivity contribution in [2.75, 3.05) is 0 Å². The lowest BCUT2D eigenvalue weighted by molar-refractivity contribution is 0.0698. The average molecular weight is 229 g/mol. The van der Waals surface area contributed by atoms with Gasteiger partial charge in [-0.1, -0.05) is 0 Å². The van der Waals surface area contributed by atoms with Crippen LogP contribution in [0.1, 0.15) is 10.4 Å². The summed E-state index contributed by atoms with van der Waals surface area (Å²) in [5, 5.41) is 12.9. The number of aliphatic imine (C=N–C) groups is 1. The number of isocyanates is 1. The van der Waals surface area contributed by atoms with Gasteiger partial charge in [0.25, 0.3) is 0 Å². The zero-order valence-electron chi connectivity index (χ0n) is 8.57. The van der Waals surface area contributed by atoms with Crippen LogP contribution in [-0.4, -0.2) is 26.9 Å². The molecular formula is C11H7N3O3. The van der Waals surface area contributed by atoms with Crippen molar-refractivity contribution < 1.29 is 14.7 Å². The van der Waals surface area contributed by atoms with E-state index in [2.05, 4.69) is 10.1 Å². The van der Waals surface area contributed by atoms with Crippen molar-refractivity contribution in [1.82, 2.24) is 9.78 Å². The number of carbonyl (C=O) groups excluding carboxylic acids is 1. The van der Waals surface area contributed by atoms with Crippen LogP contribution in [0.5, 0.6) is 0 Å². The van der Waals surface area contributed by atoms with Crippen LogP contribution in [0.4, 0.5) is 5.69 Å². The number of carbonyl (C=O) groups is 1.